The Balaban J connectivity index is 2.34. The Labute approximate surface area is 399 Å². The summed E-state index contributed by atoms with van der Waals surface area (Å²) >= 11 is 0. The summed E-state index contributed by atoms with van der Waals surface area (Å²) in [5.41, 5.74) is 18.8. The molecule has 0 atom stereocenters. The minimum absolute atomic E-state index is 0.435. The van der Waals surface area contributed by atoms with Crippen molar-refractivity contribution < 1.29 is 0 Å². The second-order valence-electron chi connectivity index (χ2n) is 23.4. The molecule has 0 heterocycles. The summed E-state index contributed by atoms with van der Waals surface area (Å²) in [5.74, 6) is 5.43. The molecule has 354 valence electrons. The van der Waals surface area contributed by atoms with Crippen LogP contribution in [0.1, 0.15) is 304 Å². The molecule has 0 aliphatic rings. The summed E-state index contributed by atoms with van der Waals surface area (Å²) in [6.07, 6.45) is 2.37. The van der Waals surface area contributed by atoms with Crippen molar-refractivity contribution in [3.05, 3.63) is 115 Å². The molecule has 4 rings (SSSR count). The molecule has 0 aliphatic carbocycles. The lowest BCUT2D eigenvalue weighted by Crippen LogP contribution is -2.32. The maximum atomic E-state index is 2.65. The van der Waals surface area contributed by atoms with Gasteiger partial charge in [-0.15, -0.1) is 0 Å². The molecule has 0 fully saturated rings. The van der Waals surface area contributed by atoms with Gasteiger partial charge in [0.25, 0.3) is 0 Å². The predicted molar refractivity (Wildman–Crippen MR) is 297 cm³/mol. The van der Waals surface area contributed by atoms with Gasteiger partial charge in [-0.25, -0.2) is 0 Å². The van der Waals surface area contributed by atoms with E-state index in [1.54, 1.807) is 65.7 Å². The van der Waals surface area contributed by atoms with Gasteiger partial charge >= 0.3 is 0 Å². The quantitative estimate of drug-likeness (QED) is 0.0823. The van der Waals surface area contributed by atoms with E-state index < -0.39 is 15.8 Å². The first-order valence-electron chi connectivity index (χ1n) is 26.0. The van der Waals surface area contributed by atoms with Crippen LogP contribution in [0, 0.1) is 0 Å². The highest BCUT2D eigenvalue weighted by molar-refractivity contribution is 7.77. The molecule has 0 saturated carbocycles. The standard InChI is InChI=1S/C62H96P2/c1-35(2)47-27-51(39(9)10)59(52(28-47)40(11)12)63(60-53(41(13)14)29-48(36(3)4)30-54(60)42(15)16)25-26-64(61-55(43(17)18)31-49(37(5)6)32-56(61)44(19)20)62-57(45(21)22)33-50(38(7)8)34-58(62)46(23)24/h27-46H,25-26H2,1-24H3. The topological polar surface area (TPSA) is 0 Å². The number of hydrogen-bond donors (Lipinski definition) is 0. The molecule has 4 aromatic rings. The second kappa shape index (κ2) is 22.7. The van der Waals surface area contributed by atoms with E-state index in [-0.39, 0.29) is 0 Å². The lowest BCUT2D eigenvalue weighted by Gasteiger charge is -2.37. The van der Waals surface area contributed by atoms with Gasteiger partial charge in [-0.2, -0.15) is 0 Å². The number of benzene rings is 4. The van der Waals surface area contributed by atoms with Crippen LogP contribution in [0.2, 0.25) is 0 Å². The van der Waals surface area contributed by atoms with Crippen molar-refractivity contribution in [1.29, 1.82) is 0 Å². The SMILES string of the molecule is CC(C)c1cc(C(C)C)c(P(CCP(c2c(C(C)C)cc(C(C)C)cc2C(C)C)c2c(C(C)C)cc(C(C)C)cc2C(C)C)c2c(C(C)C)cc(C(C)C)cc2C(C)C)c(C(C)C)c1. The lowest BCUT2D eigenvalue weighted by atomic mass is 9.89. The van der Waals surface area contributed by atoms with Crippen molar-refractivity contribution in [1.82, 2.24) is 0 Å². The van der Waals surface area contributed by atoms with Crippen molar-refractivity contribution in [3.8, 4) is 0 Å². The first-order chi connectivity index (χ1) is 29.7. The lowest BCUT2D eigenvalue weighted by molar-refractivity contribution is 0.810. The fourth-order valence-electron chi connectivity index (χ4n) is 9.79. The second-order valence-corrected chi connectivity index (χ2v) is 27.7. The van der Waals surface area contributed by atoms with Crippen molar-refractivity contribution >= 4 is 37.1 Å². The minimum atomic E-state index is -0.757. The third-order valence-corrected chi connectivity index (χ3v) is 20.0. The molecule has 4 aromatic carbocycles. The third-order valence-electron chi connectivity index (χ3n) is 14.0. The zero-order chi connectivity index (χ0) is 48.4. The first-order valence-corrected chi connectivity index (χ1v) is 29.0. The largest absolute Gasteiger partial charge is 0.0587 e. The highest BCUT2D eigenvalue weighted by Crippen LogP contribution is 2.51. The van der Waals surface area contributed by atoms with Crippen LogP contribution in [0.15, 0.2) is 48.5 Å². The van der Waals surface area contributed by atoms with Crippen molar-refractivity contribution in [2.24, 2.45) is 0 Å². The maximum absolute atomic E-state index is 2.65. The smallest absolute Gasteiger partial charge is 0.0126 e. The molecule has 64 heavy (non-hydrogen) atoms. The van der Waals surface area contributed by atoms with Gasteiger partial charge in [-0.05, 0) is 187 Å². The van der Waals surface area contributed by atoms with Gasteiger partial charge < -0.3 is 0 Å². The normalized spacial score (nSPS) is 12.9. The van der Waals surface area contributed by atoms with Gasteiger partial charge in [0.15, 0.2) is 0 Å². The van der Waals surface area contributed by atoms with Crippen LogP contribution in [0.3, 0.4) is 0 Å². The van der Waals surface area contributed by atoms with Gasteiger partial charge in [0.1, 0.15) is 0 Å². The maximum Gasteiger partial charge on any atom is -0.0126 e. The average molecular weight is 903 g/mol. The minimum Gasteiger partial charge on any atom is -0.0587 e. The van der Waals surface area contributed by atoms with Crippen molar-refractivity contribution in [2.75, 3.05) is 12.3 Å². The van der Waals surface area contributed by atoms with E-state index in [0.29, 0.717) is 71.0 Å². The summed E-state index contributed by atoms with van der Waals surface area (Å²) in [7, 11) is -1.51. The summed E-state index contributed by atoms with van der Waals surface area (Å²) in [4.78, 5) is 0. The fraction of sp³-hybridized carbons (Fsp3) is 0.613. The molecule has 0 nitrogen and oxygen atoms in total. The Hall–Kier alpha value is -2.26. The molecule has 0 aliphatic heterocycles. The summed E-state index contributed by atoms with van der Waals surface area (Å²) in [6, 6.07) is 21.2. The van der Waals surface area contributed by atoms with Crippen LogP contribution in [0.4, 0.5) is 0 Å². The Bertz CT molecular complexity index is 1740. The molecule has 0 saturated heterocycles. The Morgan fingerprint density at radius 2 is 0.344 bits per heavy atom. The van der Waals surface area contributed by atoms with Crippen LogP contribution in [0.25, 0.3) is 0 Å². The summed E-state index contributed by atoms with van der Waals surface area (Å²) in [6.45, 7) is 58.7. The summed E-state index contributed by atoms with van der Waals surface area (Å²) < 4.78 is 0. The van der Waals surface area contributed by atoms with E-state index in [2.05, 4.69) is 215 Å². The van der Waals surface area contributed by atoms with E-state index >= 15 is 0 Å². The fourth-order valence-corrected chi connectivity index (χ4v) is 17.8. The van der Waals surface area contributed by atoms with Crippen LogP contribution in [0.5, 0.6) is 0 Å². The third kappa shape index (κ3) is 12.1. The zero-order valence-corrected chi connectivity index (χ0v) is 47.6. The Kier molecular flexibility index (Phi) is 19.3. The number of hydrogen-bond acceptors (Lipinski definition) is 0. The van der Waals surface area contributed by atoms with Crippen LogP contribution >= 0.6 is 15.8 Å². The van der Waals surface area contributed by atoms with Gasteiger partial charge in [0.05, 0.1) is 0 Å². The van der Waals surface area contributed by atoms with Crippen molar-refractivity contribution in [3.63, 3.8) is 0 Å². The molecule has 0 radical (unpaired) electrons. The molecular formula is C62H96P2. The molecular weight excluding hydrogens is 807 g/mol. The van der Waals surface area contributed by atoms with E-state index in [9.17, 15) is 0 Å². The molecule has 2 heteroatoms. The van der Waals surface area contributed by atoms with E-state index in [4.69, 9.17) is 0 Å². The van der Waals surface area contributed by atoms with Crippen LogP contribution in [-0.2, 0) is 0 Å². The molecule has 0 spiro atoms. The number of rotatable bonds is 19. The van der Waals surface area contributed by atoms with Crippen LogP contribution < -0.4 is 21.2 Å². The monoisotopic (exact) mass is 903 g/mol. The van der Waals surface area contributed by atoms with E-state index in [1.165, 1.54) is 34.6 Å². The van der Waals surface area contributed by atoms with E-state index in [1.807, 2.05) is 0 Å². The molecule has 0 unspecified atom stereocenters. The first kappa shape index (κ1) is 54.3. The van der Waals surface area contributed by atoms with Crippen molar-refractivity contribution in [2.45, 2.75) is 237 Å². The zero-order valence-electron chi connectivity index (χ0n) is 45.9. The summed E-state index contributed by atoms with van der Waals surface area (Å²) in [5, 5.41) is 6.80. The molecule has 0 aromatic heterocycles. The van der Waals surface area contributed by atoms with Crippen LogP contribution in [-0.4, -0.2) is 12.3 Å². The highest BCUT2D eigenvalue weighted by atomic mass is 31.1. The molecule has 0 bridgehead atoms. The highest BCUT2D eigenvalue weighted by Gasteiger charge is 2.35. The average Bonchev–Trinajstić information content (AvgIpc) is 3.20. The Morgan fingerprint density at radius 3 is 0.438 bits per heavy atom. The van der Waals surface area contributed by atoms with Gasteiger partial charge in [-0.3, -0.25) is 0 Å². The van der Waals surface area contributed by atoms with Gasteiger partial charge in [0.2, 0.25) is 0 Å². The van der Waals surface area contributed by atoms with Gasteiger partial charge in [0, 0.05) is 0 Å². The predicted octanol–water partition coefficient (Wildman–Crippen LogP) is 18.7. The molecule has 0 N–H and O–H groups in total. The van der Waals surface area contributed by atoms with E-state index in [0.717, 1.165) is 0 Å². The van der Waals surface area contributed by atoms with Gasteiger partial charge in [-0.1, -0.05) is 215 Å². The molecule has 0 amide bonds. The Morgan fingerprint density at radius 1 is 0.219 bits per heavy atom.